The minimum atomic E-state index is -0.173. The molecule has 0 atom stereocenters. The van der Waals surface area contributed by atoms with E-state index >= 15 is 0 Å². The van der Waals surface area contributed by atoms with Crippen molar-refractivity contribution in [1.82, 2.24) is 15.6 Å². The lowest BCUT2D eigenvalue weighted by atomic mass is 10.2. The van der Waals surface area contributed by atoms with E-state index in [9.17, 15) is 9.59 Å². The molecular weight excluding hydrogens is 322 g/mol. The van der Waals surface area contributed by atoms with Gasteiger partial charge in [0, 0.05) is 30.3 Å². The van der Waals surface area contributed by atoms with Gasteiger partial charge in [0.25, 0.3) is 0 Å². The van der Waals surface area contributed by atoms with Gasteiger partial charge >= 0.3 is 0 Å². The standard InChI is InChI=1S/C18H23N3O2S/c1-3-4-16(22)20-11-17(23)19-10-9-15-12-24-18(21-15)14-7-5-13(2)6-8-14/h5-8,12H,3-4,9-11H2,1-2H3,(H,19,23)(H,20,22). The van der Waals surface area contributed by atoms with Gasteiger partial charge in [0.2, 0.25) is 11.8 Å². The van der Waals surface area contributed by atoms with Gasteiger partial charge in [-0.15, -0.1) is 11.3 Å². The fraction of sp³-hybridized carbons (Fsp3) is 0.389. The van der Waals surface area contributed by atoms with Gasteiger partial charge in [-0.3, -0.25) is 9.59 Å². The summed E-state index contributed by atoms with van der Waals surface area (Å²) in [6.45, 7) is 4.53. The third-order valence-corrected chi connectivity index (χ3v) is 4.42. The molecule has 0 spiro atoms. The number of carbonyl (C=O) groups is 2. The van der Waals surface area contributed by atoms with E-state index in [1.807, 2.05) is 12.3 Å². The average Bonchev–Trinajstić information content (AvgIpc) is 3.03. The lowest BCUT2D eigenvalue weighted by molar-refractivity contribution is -0.126. The van der Waals surface area contributed by atoms with Crippen LogP contribution in [0.1, 0.15) is 31.0 Å². The molecule has 6 heteroatoms. The van der Waals surface area contributed by atoms with Crippen molar-refractivity contribution in [3.63, 3.8) is 0 Å². The molecule has 2 rings (SSSR count). The van der Waals surface area contributed by atoms with Crippen molar-refractivity contribution in [1.29, 1.82) is 0 Å². The molecule has 2 N–H and O–H groups in total. The second kappa shape index (κ2) is 9.17. The number of nitrogens with one attached hydrogen (secondary N) is 2. The number of aryl methyl sites for hydroxylation is 1. The van der Waals surface area contributed by atoms with Crippen molar-refractivity contribution in [2.75, 3.05) is 13.1 Å². The Morgan fingerprint density at radius 1 is 1.12 bits per heavy atom. The number of benzene rings is 1. The monoisotopic (exact) mass is 345 g/mol. The number of hydrogen-bond donors (Lipinski definition) is 2. The van der Waals surface area contributed by atoms with E-state index in [4.69, 9.17) is 0 Å². The summed E-state index contributed by atoms with van der Waals surface area (Å²) in [4.78, 5) is 27.6. The van der Waals surface area contributed by atoms with E-state index in [0.29, 0.717) is 19.4 Å². The second-order valence-corrected chi connectivity index (χ2v) is 6.49. The maximum atomic E-state index is 11.7. The van der Waals surface area contributed by atoms with Gasteiger partial charge < -0.3 is 10.6 Å². The summed E-state index contributed by atoms with van der Waals surface area (Å²) in [5.41, 5.74) is 3.30. The largest absolute Gasteiger partial charge is 0.354 e. The number of aromatic nitrogens is 1. The molecular formula is C18H23N3O2S. The molecule has 128 valence electrons. The molecule has 0 saturated carbocycles. The van der Waals surface area contributed by atoms with E-state index in [0.717, 1.165) is 22.7 Å². The molecule has 1 aromatic heterocycles. The molecule has 1 heterocycles. The first kappa shape index (κ1) is 18.1. The Bertz CT molecular complexity index is 680. The molecule has 1 aromatic carbocycles. The van der Waals surface area contributed by atoms with Crippen LogP contribution < -0.4 is 10.6 Å². The Balaban J connectivity index is 1.74. The molecule has 0 fully saturated rings. The van der Waals surface area contributed by atoms with Crippen LogP contribution in [-0.2, 0) is 16.0 Å². The van der Waals surface area contributed by atoms with Gasteiger partial charge in [-0.05, 0) is 13.3 Å². The fourth-order valence-corrected chi connectivity index (χ4v) is 3.00. The summed E-state index contributed by atoms with van der Waals surface area (Å²) in [7, 11) is 0. The summed E-state index contributed by atoms with van der Waals surface area (Å²) < 4.78 is 0. The number of amides is 2. The SMILES string of the molecule is CCCC(=O)NCC(=O)NCCc1csc(-c2ccc(C)cc2)n1. The van der Waals surface area contributed by atoms with Crippen LogP contribution in [0.25, 0.3) is 10.6 Å². The highest BCUT2D eigenvalue weighted by atomic mass is 32.1. The molecule has 0 bridgehead atoms. The van der Waals surface area contributed by atoms with Crippen LogP contribution in [-0.4, -0.2) is 29.9 Å². The first-order valence-corrected chi connectivity index (χ1v) is 9.01. The molecule has 0 saturated heterocycles. The summed E-state index contributed by atoms with van der Waals surface area (Å²) in [6.07, 6.45) is 1.91. The first-order chi connectivity index (χ1) is 11.6. The zero-order chi connectivity index (χ0) is 17.4. The van der Waals surface area contributed by atoms with Crippen LogP contribution >= 0.6 is 11.3 Å². The van der Waals surface area contributed by atoms with Crippen molar-refractivity contribution in [3.8, 4) is 10.6 Å². The van der Waals surface area contributed by atoms with Crippen LogP contribution in [0.2, 0.25) is 0 Å². The molecule has 5 nitrogen and oxygen atoms in total. The highest BCUT2D eigenvalue weighted by molar-refractivity contribution is 7.13. The lowest BCUT2D eigenvalue weighted by Gasteiger charge is -2.05. The summed E-state index contributed by atoms with van der Waals surface area (Å²) in [5, 5.41) is 8.40. The van der Waals surface area contributed by atoms with Crippen LogP contribution in [0.15, 0.2) is 29.6 Å². The van der Waals surface area contributed by atoms with Crippen molar-refractivity contribution < 1.29 is 9.59 Å². The summed E-state index contributed by atoms with van der Waals surface area (Å²) in [5.74, 6) is -0.261. The van der Waals surface area contributed by atoms with Gasteiger partial charge in [-0.25, -0.2) is 4.98 Å². The maximum Gasteiger partial charge on any atom is 0.239 e. The van der Waals surface area contributed by atoms with Crippen LogP contribution in [0.5, 0.6) is 0 Å². The molecule has 2 amide bonds. The quantitative estimate of drug-likeness (QED) is 0.773. The topological polar surface area (TPSA) is 71.1 Å². The third-order valence-electron chi connectivity index (χ3n) is 3.48. The maximum absolute atomic E-state index is 11.7. The summed E-state index contributed by atoms with van der Waals surface area (Å²) >= 11 is 1.61. The van der Waals surface area contributed by atoms with E-state index in [-0.39, 0.29) is 18.4 Å². The molecule has 0 unspecified atom stereocenters. The second-order valence-electron chi connectivity index (χ2n) is 5.64. The average molecular weight is 345 g/mol. The van der Waals surface area contributed by atoms with Crippen LogP contribution in [0, 0.1) is 6.92 Å². The van der Waals surface area contributed by atoms with Crippen molar-refractivity contribution in [2.24, 2.45) is 0 Å². The Labute approximate surface area is 146 Å². The number of rotatable bonds is 8. The van der Waals surface area contributed by atoms with E-state index in [1.165, 1.54) is 5.56 Å². The van der Waals surface area contributed by atoms with Gasteiger partial charge in [0.05, 0.1) is 12.2 Å². The molecule has 0 radical (unpaired) electrons. The molecule has 0 aliphatic carbocycles. The number of hydrogen-bond acceptors (Lipinski definition) is 4. The van der Waals surface area contributed by atoms with Crippen LogP contribution in [0.3, 0.4) is 0 Å². The predicted octanol–water partition coefficient (Wildman–Crippen LogP) is 2.69. The minimum absolute atomic E-state index is 0.0323. The Morgan fingerprint density at radius 2 is 1.88 bits per heavy atom. The number of nitrogens with zero attached hydrogens (tertiary/aromatic N) is 1. The van der Waals surface area contributed by atoms with E-state index in [2.05, 4.69) is 46.8 Å². The van der Waals surface area contributed by atoms with Crippen molar-refractivity contribution >= 4 is 23.2 Å². The zero-order valence-corrected chi connectivity index (χ0v) is 14.9. The van der Waals surface area contributed by atoms with Gasteiger partial charge in [0.1, 0.15) is 5.01 Å². The third kappa shape index (κ3) is 5.77. The molecule has 2 aromatic rings. The van der Waals surface area contributed by atoms with Crippen LogP contribution in [0.4, 0.5) is 0 Å². The molecule has 24 heavy (non-hydrogen) atoms. The zero-order valence-electron chi connectivity index (χ0n) is 14.1. The van der Waals surface area contributed by atoms with Gasteiger partial charge in [-0.1, -0.05) is 36.8 Å². The summed E-state index contributed by atoms with van der Waals surface area (Å²) in [6, 6.07) is 8.28. The minimum Gasteiger partial charge on any atom is -0.354 e. The highest BCUT2D eigenvalue weighted by Crippen LogP contribution is 2.24. The van der Waals surface area contributed by atoms with Crippen molar-refractivity contribution in [3.05, 3.63) is 40.9 Å². The van der Waals surface area contributed by atoms with E-state index < -0.39 is 0 Å². The predicted molar refractivity (Wildman–Crippen MR) is 96.9 cm³/mol. The smallest absolute Gasteiger partial charge is 0.239 e. The Hall–Kier alpha value is -2.21. The fourth-order valence-electron chi connectivity index (χ4n) is 2.14. The number of carbonyl (C=O) groups excluding carboxylic acids is 2. The molecule has 0 aliphatic rings. The van der Waals surface area contributed by atoms with E-state index in [1.54, 1.807) is 11.3 Å². The van der Waals surface area contributed by atoms with Crippen molar-refractivity contribution in [2.45, 2.75) is 33.1 Å². The first-order valence-electron chi connectivity index (χ1n) is 8.13. The van der Waals surface area contributed by atoms with Gasteiger partial charge in [0.15, 0.2) is 0 Å². The highest BCUT2D eigenvalue weighted by Gasteiger charge is 2.07. The Kier molecular flexibility index (Phi) is 6.93. The molecule has 0 aliphatic heterocycles. The normalized spacial score (nSPS) is 10.4. The number of thiazole rings is 1. The van der Waals surface area contributed by atoms with Gasteiger partial charge in [-0.2, -0.15) is 0 Å². The Morgan fingerprint density at radius 3 is 2.58 bits per heavy atom. The lowest BCUT2D eigenvalue weighted by Crippen LogP contribution is -2.37.